The summed E-state index contributed by atoms with van der Waals surface area (Å²) in [5.41, 5.74) is 2.94. The molecule has 1 fully saturated rings. The Kier molecular flexibility index (Phi) is 11.6. The van der Waals surface area contributed by atoms with Gasteiger partial charge in [-0.2, -0.15) is 0 Å². The van der Waals surface area contributed by atoms with E-state index in [1.807, 2.05) is 48.5 Å². The number of likely N-dealkylation sites (tertiary alicyclic amines) is 1. The van der Waals surface area contributed by atoms with Crippen molar-refractivity contribution in [3.63, 3.8) is 0 Å². The van der Waals surface area contributed by atoms with Crippen LogP contribution < -0.4 is 20.1 Å². The highest BCUT2D eigenvalue weighted by Gasteiger charge is 2.21. The second kappa shape index (κ2) is 16.8. The van der Waals surface area contributed by atoms with Crippen molar-refractivity contribution >= 4 is 34.6 Å². The molecule has 5 aromatic rings. The van der Waals surface area contributed by atoms with Crippen molar-refractivity contribution in [1.82, 2.24) is 19.8 Å². The van der Waals surface area contributed by atoms with Crippen molar-refractivity contribution in [3.05, 3.63) is 114 Å². The van der Waals surface area contributed by atoms with Gasteiger partial charge in [0.2, 0.25) is 0 Å². The van der Waals surface area contributed by atoms with E-state index in [0.29, 0.717) is 65.4 Å². The van der Waals surface area contributed by atoms with Gasteiger partial charge in [-0.15, -0.1) is 0 Å². The number of piperidine rings is 1. The Hall–Kier alpha value is -5.72. The van der Waals surface area contributed by atoms with Gasteiger partial charge in [0, 0.05) is 56.2 Å². The number of amides is 2. The number of pyridine rings is 1. The summed E-state index contributed by atoms with van der Waals surface area (Å²) in [5, 5.41) is 6.28. The smallest absolute Gasteiger partial charge is 0.338 e. The fourth-order valence-electron chi connectivity index (χ4n) is 6.05. The first-order valence-corrected chi connectivity index (χ1v) is 16.9. The molecular weight excluding hydrogens is 650 g/mol. The highest BCUT2D eigenvalue weighted by Crippen LogP contribution is 2.37. The minimum atomic E-state index is -0.296. The average Bonchev–Trinajstić information content (AvgIpc) is 3.58. The lowest BCUT2D eigenvalue weighted by Gasteiger charge is -2.32. The number of esters is 1. The molecule has 264 valence electrons. The molecule has 6 rings (SSSR count). The number of fused-ring (bicyclic) bond motifs is 1. The van der Waals surface area contributed by atoms with Gasteiger partial charge in [-0.1, -0.05) is 30.3 Å². The van der Waals surface area contributed by atoms with Gasteiger partial charge in [-0.3, -0.25) is 14.3 Å². The Morgan fingerprint density at radius 1 is 0.863 bits per heavy atom. The lowest BCUT2D eigenvalue weighted by Crippen LogP contribution is -2.35. The number of aromatic nitrogens is 2. The molecule has 2 aromatic heterocycles. The maximum Gasteiger partial charge on any atom is 0.338 e. The zero-order chi connectivity index (χ0) is 35.6. The maximum atomic E-state index is 13.2. The number of hydrogen-bond donors (Lipinski definition) is 2. The van der Waals surface area contributed by atoms with Gasteiger partial charge in [0.05, 0.1) is 17.7 Å². The Bertz CT molecular complexity index is 1950. The van der Waals surface area contributed by atoms with E-state index in [-0.39, 0.29) is 24.5 Å². The third-order valence-corrected chi connectivity index (χ3v) is 8.82. The summed E-state index contributed by atoms with van der Waals surface area (Å²) in [5.74, 6) is 1.45. The highest BCUT2D eigenvalue weighted by molar-refractivity contribution is 6.03. The van der Waals surface area contributed by atoms with Crippen LogP contribution in [-0.4, -0.2) is 86.0 Å². The molecule has 1 saturated heterocycles. The van der Waals surface area contributed by atoms with Gasteiger partial charge in [-0.05, 0) is 79.9 Å². The van der Waals surface area contributed by atoms with Crippen molar-refractivity contribution in [2.24, 2.45) is 0 Å². The number of rotatable bonds is 13. The second-order valence-corrected chi connectivity index (χ2v) is 12.1. The summed E-state index contributed by atoms with van der Waals surface area (Å²) < 4.78 is 24.2. The van der Waals surface area contributed by atoms with Gasteiger partial charge in [0.25, 0.3) is 5.91 Å². The van der Waals surface area contributed by atoms with Crippen molar-refractivity contribution in [1.29, 1.82) is 0 Å². The zero-order valence-electron chi connectivity index (χ0n) is 28.7. The molecule has 0 bridgehead atoms. The van der Waals surface area contributed by atoms with Crippen LogP contribution in [0.2, 0.25) is 0 Å². The Morgan fingerprint density at radius 3 is 2.39 bits per heavy atom. The predicted octanol–water partition coefficient (Wildman–Crippen LogP) is 6.33. The number of carbonyl (C=O) groups is 3. The van der Waals surface area contributed by atoms with Gasteiger partial charge in [0.15, 0.2) is 11.5 Å². The number of carbonyl (C=O) groups excluding carboxylic acids is 3. The van der Waals surface area contributed by atoms with Crippen LogP contribution in [-0.2, 0) is 9.47 Å². The lowest BCUT2D eigenvalue weighted by molar-refractivity contribution is 0.0448. The van der Waals surface area contributed by atoms with E-state index in [1.54, 1.807) is 62.9 Å². The molecule has 0 unspecified atom stereocenters. The van der Waals surface area contributed by atoms with Crippen LogP contribution in [0.15, 0.2) is 97.3 Å². The van der Waals surface area contributed by atoms with Gasteiger partial charge in [-0.25, -0.2) is 14.6 Å². The first-order valence-electron chi connectivity index (χ1n) is 16.9. The SMILES string of the molecule is CNC(=O)n1ccc2cc(Oc3ccnc(NC(=O)c4ccc(C5CCN(CCOC(=O)c6ccccc6)CC5)cc4)c3)c(OCCOC)cc21. The summed E-state index contributed by atoms with van der Waals surface area (Å²) in [6.45, 7) is 3.55. The van der Waals surface area contributed by atoms with Gasteiger partial charge < -0.3 is 29.6 Å². The van der Waals surface area contributed by atoms with Crippen molar-refractivity contribution in [2.75, 3.05) is 58.9 Å². The van der Waals surface area contributed by atoms with Crippen LogP contribution in [0.25, 0.3) is 10.9 Å². The summed E-state index contributed by atoms with van der Waals surface area (Å²) in [4.78, 5) is 44.4. The lowest BCUT2D eigenvalue weighted by atomic mass is 9.89. The predicted molar refractivity (Wildman–Crippen MR) is 193 cm³/mol. The standard InChI is InChI=1S/C39H41N5O7/c1-40-39(47)44-19-15-31-24-35(34(26-33(31)44)49-23-22-48-2)51-32-12-16-41-36(25-32)42-37(45)29-10-8-27(9-11-29)28-13-17-43(18-14-28)20-21-50-38(46)30-6-4-3-5-7-30/h3-12,15-16,19,24-26,28H,13-14,17-18,20-23H2,1-2H3,(H,40,47)(H,41,42,45). The molecule has 1 aliphatic heterocycles. The van der Waals surface area contributed by atoms with Crippen LogP contribution in [0.3, 0.4) is 0 Å². The fraction of sp³-hybridized carbons (Fsp3) is 0.282. The van der Waals surface area contributed by atoms with E-state index < -0.39 is 0 Å². The molecule has 2 N–H and O–H groups in total. The van der Waals surface area contributed by atoms with Gasteiger partial charge >= 0.3 is 12.0 Å². The maximum absolute atomic E-state index is 13.2. The normalized spacial score (nSPS) is 13.5. The highest BCUT2D eigenvalue weighted by atomic mass is 16.5. The molecule has 2 amide bonds. The number of anilines is 1. The van der Waals surface area contributed by atoms with Crippen LogP contribution >= 0.6 is 0 Å². The molecule has 12 nitrogen and oxygen atoms in total. The number of ether oxygens (including phenoxy) is 4. The number of hydrogen-bond acceptors (Lipinski definition) is 9. The third kappa shape index (κ3) is 8.91. The third-order valence-electron chi connectivity index (χ3n) is 8.82. The van der Waals surface area contributed by atoms with Crippen molar-refractivity contribution < 1.29 is 33.3 Å². The van der Waals surface area contributed by atoms with Crippen molar-refractivity contribution in [2.45, 2.75) is 18.8 Å². The molecule has 0 aliphatic carbocycles. The molecule has 51 heavy (non-hydrogen) atoms. The summed E-state index contributed by atoms with van der Waals surface area (Å²) in [6.07, 6.45) is 5.21. The van der Waals surface area contributed by atoms with Gasteiger partial charge in [0.1, 0.15) is 24.8 Å². The molecule has 0 spiro atoms. The van der Waals surface area contributed by atoms with Crippen LogP contribution in [0.4, 0.5) is 10.6 Å². The van der Waals surface area contributed by atoms with Crippen LogP contribution in [0.5, 0.6) is 17.2 Å². The molecule has 1 aliphatic rings. The monoisotopic (exact) mass is 691 g/mol. The van der Waals surface area contributed by atoms with E-state index in [1.165, 1.54) is 10.1 Å². The Morgan fingerprint density at radius 2 is 1.65 bits per heavy atom. The Balaban J connectivity index is 1.03. The van der Waals surface area contributed by atoms with E-state index in [4.69, 9.17) is 18.9 Å². The summed E-state index contributed by atoms with van der Waals surface area (Å²) >= 11 is 0. The Labute approximate surface area is 296 Å². The fourth-order valence-corrected chi connectivity index (χ4v) is 6.05. The number of nitrogens with zero attached hydrogens (tertiary/aromatic N) is 3. The summed E-state index contributed by atoms with van der Waals surface area (Å²) in [7, 11) is 3.16. The quantitative estimate of drug-likeness (QED) is 0.107. The van der Waals surface area contributed by atoms with Crippen LogP contribution in [0, 0.1) is 0 Å². The second-order valence-electron chi connectivity index (χ2n) is 12.1. The molecule has 3 aromatic carbocycles. The topological polar surface area (TPSA) is 133 Å². The van der Waals surface area contributed by atoms with Crippen molar-refractivity contribution in [3.8, 4) is 17.2 Å². The van der Waals surface area contributed by atoms with E-state index in [0.717, 1.165) is 31.3 Å². The average molecular weight is 692 g/mol. The zero-order valence-corrected chi connectivity index (χ0v) is 28.7. The molecule has 12 heteroatoms. The number of nitrogens with one attached hydrogen (secondary N) is 2. The van der Waals surface area contributed by atoms with E-state index >= 15 is 0 Å². The number of methoxy groups -OCH3 is 1. The number of benzene rings is 3. The van der Waals surface area contributed by atoms with E-state index in [9.17, 15) is 14.4 Å². The molecule has 0 saturated carbocycles. The molecule has 0 atom stereocenters. The molecular formula is C39H41N5O7. The largest absolute Gasteiger partial charge is 0.487 e. The minimum absolute atomic E-state index is 0.274. The molecule has 0 radical (unpaired) electrons. The van der Waals surface area contributed by atoms with Crippen LogP contribution in [0.1, 0.15) is 45.0 Å². The minimum Gasteiger partial charge on any atom is -0.487 e. The van der Waals surface area contributed by atoms with E-state index in [2.05, 4.69) is 20.5 Å². The first-order chi connectivity index (χ1) is 24.9. The first kappa shape index (κ1) is 35.1. The molecule has 3 heterocycles. The summed E-state index contributed by atoms with van der Waals surface area (Å²) in [6, 6.07) is 25.2.